The molecule has 0 bridgehead atoms. The monoisotopic (exact) mass is 594 g/mol. The Bertz CT molecular complexity index is 372. The Morgan fingerprint density at radius 2 is 0.706 bits per heavy atom. The number of hydrogen-bond donors (Lipinski definition) is 0. The fourth-order valence-corrected chi connectivity index (χ4v) is 15.1. The summed E-state index contributed by atoms with van der Waals surface area (Å²) in [5.74, 6) is 2.37. The van der Waals surface area contributed by atoms with Gasteiger partial charge in [-0.2, -0.15) is 0 Å². The van der Waals surface area contributed by atoms with Crippen LogP contribution in [0.1, 0.15) is 80.1 Å². The van der Waals surface area contributed by atoms with Crippen LogP contribution in [0.5, 0.6) is 0 Å². The van der Waals surface area contributed by atoms with Gasteiger partial charge in [-0.1, -0.05) is 34.4 Å². The highest BCUT2D eigenvalue weighted by molar-refractivity contribution is 9.26. The van der Waals surface area contributed by atoms with Gasteiger partial charge in [-0.15, -0.1) is 0 Å². The predicted octanol–water partition coefficient (Wildman–Crippen LogP) is 8.10. The van der Waals surface area contributed by atoms with E-state index in [4.69, 9.17) is 26.6 Å². The molecule has 12 heteroatoms. The molecule has 0 aliphatic carbocycles. The van der Waals surface area contributed by atoms with Crippen molar-refractivity contribution in [2.75, 3.05) is 51.1 Å². The third-order valence-corrected chi connectivity index (χ3v) is 17.7. The van der Waals surface area contributed by atoms with E-state index in [1.165, 1.54) is 37.2 Å². The van der Waals surface area contributed by atoms with E-state index in [1.807, 2.05) is 82.8 Å². The molecule has 0 spiro atoms. The average molecular weight is 595 g/mol. The fraction of sp³-hybridized carbons (Fsp3) is 1.00. The van der Waals surface area contributed by atoms with Crippen LogP contribution in [0.2, 0.25) is 12.1 Å². The van der Waals surface area contributed by atoms with E-state index in [2.05, 4.69) is 0 Å². The zero-order valence-corrected chi connectivity index (χ0v) is 27.7. The topological polar surface area (TPSA) is 55.4 Å². The minimum absolute atomic E-state index is 0.657. The van der Waals surface area contributed by atoms with Gasteiger partial charge in [0, 0.05) is 63.2 Å². The molecule has 0 N–H and O–H groups in total. The van der Waals surface area contributed by atoms with Crippen molar-refractivity contribution in [3.05, 3.63) is 0 Å². The molecule has 0 aromatic carbocycles. The van der Waals surface area contributed by atoms with Crippen molar-refractivity contribution in [2.45, 2.75) is 92.2 Å². The van der Waals surface area contributed by atoms with E-state index in [-0.39, 0.29) is 0 Å². The lowest BCUT2D eigenvalue weighted by Gasteiger charge is -2.28. The van der Waals surface area contributed by atoms with Crippen molar-refractivity contribution in [2.24, 2.45) is 0 Å². The summed E-state index contributed by atoms with van der Waals surface area (Å²) < 4.78 is 35.6. The van der Waals surface area contributed by atoms with Crippen molar-refractivity contribution >= 4 is 58.8 Å². The van der Waals surface area contributed by atoms with Gasteiger partial charge in [0.05, 0.1) is 0 Å². The largest absolute Gasteiger partial charge is 0.500 e. The second-order valence-corrected chi connectivity index (χ2v) is 19.1. The molecule has 206 valence electrons. The van der Waals surface area contributed by atoms with Crippen LogP contribution in [0.15, 0.2) is 0 Å². The van der Waals surface area contributed by atoms with Crippen LogP contribution in [0.25, 0.3) is 0 Å². The van der Waals surface area contributed by atoms with Gasteiger partial charge in [0.25, 0.3) is 0 Å². The van der Waals surface area contributed by atoms with E-state index in [0.717, 1.165) is 24.9 Å². The second kappa shape index (κ2) is 24.9. The molecule has 0 aliphatic rings. The Labute approximate surface area is 227 Å². The van der Waals surface area contributed by atoms with Crippen LogP contribution in [-0.4, -0.2) is 68.8 Å². The lowest BCUT2D eigenvalue weighted by molar-refractivity contribution is 0.0699. The van der Waals surface area contributed by atoms with Crippen molar-refractivity contribution in [1.29, 1.82) is 0 Å². The standard InChI is InChI=1S/C22H50O6S4Si2/c1-7-23-33(24-8-2,25-9-3)21-17-13-15-19-29-31-32-30-20-16-14-18-22-34(26-10-4,27-11-5)28-12-6/h7-22H2,1-6H3. The molecule has 0 unspecified atom stereocenters. The van der Waals surface area contributed by atoms with Crippen LogP contribution in [-0.2, 0) is 26.6 Å². The highest BCUT2D eigenvalue weighted by atomic mass is 33.7. The van der Waals surface area contributed by atoms with Crippen molar-refractivity contribution in [3.8, 4) is 0 Å². The lowest BCUT2D eigenvalue weighted by atomic mass is 10.3. The van der Waals surface area contributed by atoms with Gasteiger partial charge < -0.3 is 26.6 Å². The smallest absolute Gasteiger partial charge is 0.374 e. The Balaban J connectivity index is 3.75. The molecule has 6 nitrogen and oxygen atoms in total. The van der Waals surface area contributed by atoms with Crippen molar-refractivity contribution < 1.29 is 26.6 Å². The fourth-order valence-electron chi connectivity index (χ4n) is 3.47. The van der Waals surface area contributed by atoms with Gasteiger partial charge in [-0.05, 0) is 86.9 Å². The zero-order chi connectivity index (χ0) is 25.4. The zero-order valence-electron chi connectivity index (χ0n) is 22.4. The summed E-state index contributed by atoms with van der Waals surface area (Å²) in [6, 6.07) is 1.85. The number of rotatable bonds is 27. The number of unbranched alkanes of at least 4 members (excludes halogenated alkanes) is 4. The van der Waals surface area contributed by atoms with Crippen LogP contribution in [0.3, 0.4) is 0 Å². The molecule has 0 atom stereocenters. The van der Waals surface area contributed by atoms with E-state index >= 15 is 0 Å². The van der Waals surface area contributed by atoms with Crippen LogP contribution in [0.4, 0.5) is 0 Å². The van der Waals surface area contributed by atoms with E-state index in [1.54, 1.807) is 0 Å². The maximum absolute atomic E-state index is 5.93. The quantitative estimate of drug-likeness (QED) is 0.0529. The van der Waals surface area contributed by atoms with E-state index in [0.29, 0.717) is 39.6 Å². The van der Waals surface area contributed by atoms with Gasteiger partial charge >= 0.3 is 17.6 Å². The Kier molecular flexibility index (Phi) is 26.1. The van der Waals surface area contributed by atoms with E-state index in [9.17, 15) is 0 Å². The van der Waals surface area contributed by atoms with E-state index < -0.39 is 17.6 Å². The summed E-state index contributed by atoms with van der Waals surface area (Å²) in [6.45, 7) is 16.0. The molecule has 0 saturated carbocycles. The third kappa shape index (κ3) is 17.9. The summed E-state index contributed by atoms with van der Waals surface area (Å²) in [7, 11) is 2.82. The molecule has 0 heterocycles. The minimum atomic E-state index is -2.46. The van der Waals surface area contributed by atoms with Crippen LogP contribution >= 0.6 is 41.2 Å². The van der Waals surface area contributed by atoms with Gasteiger partial charge in [0.1, 0.15) is 0 Å². The van der Waals surface area contributed by atoms with Gasteiger partial charge in [-0.25, -0.2) is 0 Å². The predicted molar refractivity (Wildman–Crippen MR) is 159 cm³/mol. The van der Waals surface area contributed by atoms with Gasteiger partial charge in [-0.3, -0.25) is 0 Å². The normalized spacial score (nSPS) is 12.5. The molecule has 0 aliphatic heterocycles. The molecule has 0 aromatic heterocycles. The third-order valence-electron chi connectivity index (χ3n) is 4.73. The first-order chi connectivity index (χ1) is 16.6. The average Bonchev–Trinajstić information content (AvgIpc) is 2.80. The summed E-state index contributed by atoms with van der Waals surface area (Å²) in [6.07, 6.45) is 7.07. The molecule has 0 aromatic rings. The maximum atomic E-state index is 5.93. The minimum Gasteiger partial charge on any atom is -0.374 e. The first kappa shape index (κ1) is 35.6. The van der Waals surface area contributed by atoms with Crippen LogP contribution < -0.4 is 0 Å². The Morgan fingerprint density at radius 1 is 0.412 bits per heavy atom. The summed E-state index contributed by atoms with van der Waals surface area (Å²) in [5.41, 5.74) is 0. The summed E-state index contributed by atoms with van der Waals surface area (Å²) >= 11 is 0. The highest BCUT2D eigenvalue weighted by Crippen LogP contribution is 2.43. The van der Waals surface area contributed by atoms with Crippen molar-refractivity contribution in [1.82, 2.24) is 0 Å². The molecule has 0 radical (unpaired) electrons. The molecular formula is C22H50O6S4Si2. The maximum Gasteiger partial charge on any atom is 0.500 e. The highest BCUT2D eigenvalue weighted by Gasteiger charge is 2.40. The molecule has 34 heavy (non-hydrogen) atoms. The molecule has 0 amide bonds. The van der Waals surface area contributed by atoms with Gasteiger partial charge in [0.15, 0.2) is 0 Å². The summed E-state index contributed by atoms with van der Waals surface area (Å²) in [5, 5.41) is 0. The molecule has 0 rings (SSSR count). The lowest BCUT2D eigenvalue weighted by Crippen LogP contribution is -2.45. The first-order valence-electron chi connectivity index (χ1n) is 13.0. The van der Waals surface area contributed by atoms with Crippen LogP contribution in [0, 0.1) is 0 Å². The Morgan fingerprint density at radius 3 is 0.971 bits per heavy atom. The second-order valence-electron chi connectivity index (χ2n) is 7.37. The van der Waals surface area contributed by atoms with Crippen molar-refractivity contribution in [3.63, 3.8) is 0 Å². The molecule has 0 saturated heterocycles. The Hall–Kier alpha value is 1.59. The molecule has 0 fully saturated rings. The first-order valence-corrected chi connectivity index (χ1v) is 22.0. The SMILES string of the molecule is CCO[Si](CCCCCSSSSCCCCC[Si](OCC)(OCC)OCC)(OCC)OCC. The van der Waals surface area contributed by atoms with Gasteiger partial charge in [0.2, 0.25) is 0 Å². The summed E-state index contributed by atoms with van der Waals surface area (Å²) in [4.78, 5) is 0. The number of hydrogen-bond acceptors (Lipinski definition) is 10. The molecular weight excluding hydrogens is 545 g/mol.